The quantitative estimate of drug-likeness (QED) is 0.800. The molecule has 0 spiro atoms. The van der Waals surface area contributed by atoms with E-state index in [1.54, 1.807) is 12.1 Å². The molecule has 7 heteroatoms. The molecule has 0 atom stereocenters. The van der Waals surface area contributed by atoms with E-state index in [1.165, 1.54) is 12.1 Å². The normalized spacial score (nSPS) is 10.4. The summed E-state index contributed by atoms with van der Waals surface area (Å²) in [6, 6.07) is 6.26. The van der Waals surface area contributed by atoms with Gasteiger partial charge in [-0.1, -0.05) is 17.3 Å². The minimum Gasteiger partial charge on any atom is -0.356 e. The number of hydrogen-bond donors (Lipinski definition) is 2. The molecule has 2 aromatic rings. The molecule has 1 aromatic carbocycles. The van der Waals surface area contributed by atoms with E-state index < -0.39 is 0 Å². The van der Waals surface area contributed by atoms with Crippen molar-refractivity contribution in [2.24, 2.45) is 0 Å². The summed E-state index contributed by atoms with van der Waals surface area (Å²) in [6.07, 6.45) is 1.38. The van der Waals surface area contributed by atoms with Crippen LogP contribution in [-0.4, -0.2) is 33.1 Å². The Hall–Kier alpha value is -2.31. The summed E-state index contributed by atoms with van der Waals surface area (Å²) in [4.78, 5) is 11.6. The fourth-order valence-electron chi connectivity index (χ4n) is 1.64. The Morgan fingerprint density at radius 2 is 2.26 bits per heavy atom. The maximum Gasteiger partial charge on any atom is 0.220 e. The van der Waals surface area contributed by atoms with E-state index in [2.05, 4.69) is 25.9 Å². The summed E-state index contributed by atoms with van der Waals surface area (Å²) in [5, 5.41) is 16.1. The molecule has 100 valence electrons. The molecule has 0 saturated carbocycles. The van der Waals surface area contributed by atoms with Crippen molar-refractivity contribution in [3.8, 4) is 0 Å². The summed E-state index contributed by atoms with van der Waals surface area (Å²) in [7, 11) is 0. The molecule has 1 amide bonds. The number of carbonyl (C=O) groups is 1. The Morgan fingerprint density at radius 3 is 3.00 bits per heavy atom. The Balaban J connectivity index is 1.67. The number of rotatable bonds is 6. The van der Waals surface area contributed by atoms with Gasteiger partial charge in [0.05, 0.1) is 0 Å². The second-order valence-electron chi connectivity index (χ2n) is 4.06. The van der Waals surface area contributed by atoms with Gasteiger partial charge in [-0.25, -0.2) is 4.39 Å². The number of amides is 1. The van der Waals surface area contributed by atoms with Gasteiger partial charge in [0.15, 0.2) is 5.82 Å². The minimum atomic E-state index is -0.282. The van der Waals surface area contributed by atoms with Crippen LogP contribution in [-0.2, 0) is 17.6 Å². The van der Waals surface area contributed by atoms with Gasteiger partial charge in [-0.15, -0.1) is 10.2 Å². The molecule has 1 heterocycles. The largest absolute Gasteiger partial charge is 0.356 e. The zero-order valence-corrected chi connectivity index (χ0v) is 10.3. The van der Waals surface area contributed by atoms with Gasteiger partial charge in [-0.05, 0) is 24.1 Å². The molecular weight excluding hydrogens is 249 g/mol. The average Bonchev–Trinajstić information content (AvgIpc) is 2.90. The number of nitrogens with one attached hydrogen (secondary N) is 2. The van der Waals surface area contributed by atoms with Crippen LogP contribution in [0.15, 0.2) is 24.3 Å². The molecule has 0 aliphatic heterocycles. The lowest BCUT2D eigenvalue weighted by molar-refractivity contribution is -0.121. The van der Waals surface area contributed by atoms with E-state index in [-0.39, 0.29) is 11.7 Å². The molecule has 2 N–H and O–H groups in total. The molecular formula is C12H14FN5O. The highest BCUT2D eigenvalue weighted by Crippen LogP contribution is 2.05. The van der Waals surface area contributed by atoms with E-state index in [4.69, 9.17) is 0 Å². The number of carbonyl (C=O) groups excluding carboxylic acids is 1. The van der Waals surface area contributed by atoms with Crippen molar-refractivity contribution in [2.75, 3.05) is 6.54 Å². The van der Waals surface area contributed by atoms with E-state index in [9.17, 15) is 9.18 Å². The maximum absolute atomic E-state index is 12.9. The van der Waals surface area contributed by atoms with Gasteiger partial charge < -0.3 is 5.32 Å². The van der Waals surface area contributed by atoms with Crippen LogP contribution in [0.2, 0.25) is 0 Å². The van der Waals surface area contributed by atoms with Crippen molar-refractivity contribution in [2.45, 2.75) is 19.3 Å². The Labute approximate surface area is 109 Å². The lowest BCUT2D eigenvalue weighted by atomic mass is 10.1. The summed E-state index contributed by atoms with van der Waals surface area (Å²) in [5.41, 5.74) is 0.813. The lowest BCUT2D eigenvalue weighted by Gasteiger charge is -2.04. The number of aromatic nitrogens is 4. The van der Waals surface area contributed by atoms with E-state index in [0.29, 0.717) is 31.6 Å². The topological polar surface area (TPSA) is 83.6 Å². The summed E-state index contributed by atoms with van der Waals surface area (Å²) in [5.74, 6) is 0.202. The van der Waals surface area contributed by atoms with Gasteiger partial charge in [0.1, 0.15) is 5.82 Å². The van der Waals surface area contributed by atoms with E-state index in [0.717, 1.165) is 5.56 Å². The number of H-pyrrole nitrogens is 1. The highest BCUT2D eigenvalue weighted by molar-refractivity contribution is 5.76. The molecule has 1 aromatic heterocycles. The van der Waals surface area contributed by atoms with Crippen molar-refractivity contribution in [1.29, 1.82) is 0 Å². The number of aromatic amines is 1. The van der Waals surface area contributed by atoms with Crippen LogP contribution in [0.1, 0.15) is 17.8 Å². The second-order valence-corrected chi connectivity index (χ2v) is 4.06. The van der Waals surface area contributed by atoms with Gasteiger partial charge in [0.25, 0.3) is 0 Å². The maximum atomic E-state index is 12.9. The van der Waals surface area contributed by atoms with Crippen LogP contribution in [0.3, 0.4) is 0 Å². The number of nitrogens with zero attached hydrogens (tertiary/aromatic N) is 3. The first-order valence-corrected chi connectivity index (χ1v) is 5.97. The number of hydrogen-bond acceptors (Lipinski definition) is 4. The van der Waals surface area contributed by atoms with Crippen LogP contribution < -0.4 is 5.32 Å². The molecule has 0 unspecified atom stereocenters. The minimum absolute atomic E-state index is 0.0762. The monoisotopic (exact) mass is 263 g/mol. The van der Waals surface area contributed by atoms with Crippen LogP contribution >= 0.6 is 0 Å². The molecule has 0 saturated heterocycles. The molecule has 6 nitrogen and oxygen atoms in total. The highest BCUT2D eigenvalue weighted by Gasteiger charge is 2.04. The van der Waals surface area contributed by atoms with Gasteiger partial charge in [-0.3, -0.25) is 4.79 Å². The third-order valence-electron chi connectivity index (χ3n) is 2.59. The fraction of sp³-hybridized carbons (Fsp3) is 0.333. The van der Waals surface area contributed by atoms with Gasteiger partial charge >= 0.3 is 0 Å². The first kappa shape index (κ1) is 13.1. The standard InChI is InChI=1S/C12H14FN5O/c13-10-3-1-2-9(8-10)4-5-12(19)14-7-6-11-15-17-18-16-11/h1-3,8H,4-7H2,(H,14,19)(H,15,16,17,18). The van der Waals surface area contributed by atoms with Crippen molar-refractivity contribution < 1.29 is 9.18 Å². The van der Waals surface area contributed by atoms with Crippen molar-refractivity contribution in [1.82, 2.24) is 25.9 Å². The summed E-state index contributed by atoms with van der Waals surface area (Å²) < 4.78 is 12.9. The van der Waals surface area contributed by atoms with E-state index >= 15 is 0 Å². The first-order chi connectivity index (χ1) is 9.24. The predicted molar refractivity (Wildman–Crippen MR) is 65.6 cm³/mol. The Bertz CT molecular complexity index is 529. The molecule has 2 rings (SSSR count). The van der Waals surface area contributed by atoms with Crippen LogP contribution in [0, 0.1) is 5.82 Å². The number of halogens is 1. The molecule has 0 fully saturated rings. The van der Waals surface area contributed by atoms with Crippen molar-refractivity contribution >= 4 is 5.91 Å². The first-order valence-electron chi connectivity index (χ1n) is 5.97. The van der Waals surface area contributed by atoms with E-state index in [1.807, 2.05) is 0 Å². The zero-order valence-electron chi connectivity index (χ0n) is 10.3. The fourth-order valence-corrected chi connectivity index (χ4v) is 1.64. The third-order valence-corrected chi connectivity index (χ3v) is 2.59. The molecule has 19 heavy (non-hydrogen) atoms. The van der Waals surface area contributed by atoms with Crippen LogP contribution in [0.25, 0.3) is 0 Å². The number of benzene rings is 1. The molecule has 0 radical (unpaired) electrons. The predicted octanol–water partition coefficient (Wildman–Crippen LogP) is 0.630. The second kappa shape index (κ2) is 6.58. The van der Waals surface area contributed by atoms with Gasteiger partial charge in [0.2, 0.25) is 5.91 Å². The van der Waals surface area contributed by atoms with Crippen molar-refractivity contribution in [3.63, 3.8) is 0 Å². The van der Waals surface area contributed by atoms with Crippen LogP contribution in [0.4, 0.5) is 4.39 Å². The van der Waals surface area contributed by atoms with Crippen LogP contribution in [0.5, 0.6) is 0 Å². The average molecular weight is 263 g/mol. The highest BCUT2D eigenvalue weighted by atomic mass is 19.1. The smallest absolute Gasteiger partial charge is 0.220 e. The molecule has 0 aliphatic carbocycles. The Kier molecular flexibility index (Phi) is 4.54. The zero-order chi connectivity index (χ0) is 13.5. The summed E-state index contributed by atoms with van der Waals surface area (Å²) in [6.45, 7) is 0.460. The summed E-state index contributed by atoms with van der Waals surface area (Å²) >= 11 is 0. The van der Waals surface area contributed by atoms with Crippen molar-refractivity contribution in [3.05, 3.63) is 41.5 Å². The lowest BCUT2D eigenvalue weighted by Crippen LogP contribution is -2.26. The molecule has 0 aliphatic rings. The third kappa shape index (κ3) is 4.46. The number of tetrazole rings is 1. The van der Waals surface area contributed by atoms with Gasteiger partial charge in [-0.2, -0.15) is 5.21 Å². The van der Waals surface area contributed by atoms with Gasteiger partial charge in [0, 0.05) is 19.4 Å². The number of aryl methyl sites for hydroxylation is 1. The molecule has 0 bridgehead atoms. The Morgan fingerprint density at radius 1 is 1.37 bits per heavy atom. The SMILES string of the molecule is O=C(CCc1cccc(F)c1)NCCc1nn[nH]n1.